The lowest BCUT2D eigenvalue weighted by atomic mass is 10.3. The number of ether oxygens (including phenoxy) is 1. The van der Waals surface area contributed by atoms with Gasteiger partial charge in [-0.1, -0.05) is 11.2 Å². The van der Waals surface area contributed by atoms with Crippen LogP contribution in [0.5, 0.6) is 5.75 Å². The molecule has 1 aromatic carbocycles. The summed E-state index contributed by atoms with van der Waals surface area (Å²) in [6.45, 7) is 3.13. The molecule has 0 aliphatic rings. The molecule has 0 aliphatic carbocycles. The lowest BCUT2D eigenvalue weighted by Crippen LogP contribution is -2.04. The Morgan fingerprint density at radius 1 is 1.33 bits per heavy atom. The van der Waals surface area contributed by atoms with Crippen LogP contribution in [0.25, 0.3) is 0 Å². The van der Waals surface area contributed by atoms with Gasteiger partial charge in [-0.2, -0.15) is 0 Å². The summed E-state index contributed by atoms with van der Waals surface area (Å²) >= 11 is 0. The van der Waals surface area contributed by atoms with Crippen LogP contribution in [0.15, 0.2) is 28.7 Å². The highest BCUT2D eigenvalue weighted by atomic mass is 16.5. The summed E-state index contributed by atoms with van der Waals surface area (Å²) in [5.74, 6) is 1.35. The molecule has 0 bridgehead atoms. The maximum absolute atomic E-state index is 5.41. The molecule has 2 aromatic rings. The van der Waals surface area contributed by atoms with Gasteiger partial charge in [-0.3, -0.25) is 0 Å². The zero-order valence-corrected chi connectivity index (χ0v) is 10.4. The smallest absolute Gasteiger partial charge is 0.320 e. The molecule has 0 saturated carbocycles. The molecule has 96 valence electrons. The third-order valence-corrected chi connectivity index (χ3v) is 2.19. The van der Waals surface area contributed by atoms with E-state index in [-0.39, 0.29) is 0 Å². The van der Waals surface area contributed by atoms with Gasteiger partial charge in [0.05, 0.1) is 13.2 Å². The van der Waals surface area contributed by atoms with Gasteiger partial charge in [0.2, 0.25) is 5.89 Å². The molecule has 1 aromatic heterocycles. The average Bonchev–Trinajstić information content (AvgIpc) is 2.78. The van der Waals surface area contributed by atoms with E-state index in [1.54, 1.807) is 0 Å². The first kappa shape index (κ1) is 12.4. The van der Waals surface area contributed by atoms with Crippen molar-refractivity contribution in [2.45, 2.75) is 13.5 Å². The lowest BCUT2D eigenvalue weighted by Gasteiger charge is -2.05. The van der Waals surface area contributed by atoms with Crippen molar-refractivity contribution in [1.29, 1.82) is 0 Å². The molecule has 0 aliphatic heterocycles. The fraction of sp³-hybridized carbons (Fsp3) is 0.333. The number of nitrogens with zero attached hydrogens (tertiary/aromatic N) is 2. The third kappa shape index (κ3) is 3.21. The van der Waals surface area contributed by atoms with Gasteiger partial charge >= 0.3 is 6.01 Å². The van der Waals surface area contributed by atoms with Gasteiger partial charge in [0.1, 0.15) is 5.75 Å². The second-order valence-electron chi connectivity index (χ2n) is 3.62. The van der Waals surface area contributed by atoms with Crippen LogP contribution in [-0.4, -0.2) is 23.9 Å². The minimum absolute atomic E-state index is 0.369. The maximum atomic E-state index is 5.41. The van der Waals surface area contributed by atoms with E-state index in [1.165, 1.54) is 0 Å². The zero-order chi connectivity index (χ0) is 12.8. The van der Waals surface area contributed by atoms with Crippen LogP contribution in [-0.2, 0) is 6.54 Å². The summed E-state index contributed by atoms with van der Waals surface area (Å²) in [7, 11) is 1.82. The van der Waals surface area contributed by atoms with Crippen molar-refractivity contribution >= 4 is 11.7 Å². The quantitative estimate of drug-likeness (QED) is 0.813. The van der Waals surface area contributed by atoms with Crippen LogP contribution >= 0.6 is 0 Å². The van der Waals surface area contributed by atoms with Crippen LogP contribution in [0.3, 0.4) is 0 Å². The number of hydrogen-bond acceptors (Lipinski definition) is 6. The first-order chi connectivity index (χ1) is 8.81. The number of rotatable bonds is 6. The van der Waals surface area contributed by atoms with Crippen molar-refractivity contribution < 1.29 is 9.15 Å². The number of aromatic nitrogens is 2. The first-order valence-corrected chi connectivity index (χ1v) is 5.78. The normalized spacial score (nSPS) is 10.3. The van der Waals surface area contributed by atoms with Crippen molar-refractivity contribution in [1.82, 2.24) is 15.5 Å². The molecule has 2 N–H and O–H groups in total. The largest absolute Gasteiger partial charge is 0.494 e. The van der Waals surface area contributed by atoms with E-state index in [1.807, 2.05) is 38.2 Å². The first-order valence-electron chi connectivity index (χ1n) is 5.78. The highest BCUT2D eigenvalue weighted by Gasteiger charge is 2.05. The SMILES string of the molecule is CCOc1cccc(Nc2nnc(CNC)o2)c1. The molecular formula is C12H16N4O2. The molecule has 0 amide bonds. The van der Waals surface area contributed by atoms with Gasteiger partial charge in [-0.15, -0.1) is 5.10 Å². The topological polar surface area (TPSA) is 72.2 Å². The van der Waals surface area contributed by atoms with Gasteiger partial charge in [-0.25, -0.2) is 0 Å². The maximum Gasteiger partial charge on any atom is 0.320 e. The van der Waals surface area contributed by atoms with Crippen LogP contribution in [0, 0.1) is 0 Å². The van der Waals surface area contributed by atoms with E-state index in [0.717, 1.165) is 11.4 Å². The number of hydrogen-bond donors (Lipinski definition) is 2. The second kappa shape index (κ2) is 6.02. The molecule has 1 heterocycles. The highest BCUT2D eigenvalue weighted by molar-refractivity contribution is 5.54. The number of nitrogens with one attached hydrogen (secondary N) is 2. The Kier molecular flexibility index (Phi) is 4.14. The summed E-state index contributed by atoms with van der Waals surface area (Å²) in [6, 6.07) is 7.96. The Bertz CT molecular complexity index is 498. The number of anilines is 2. The van der Waals surface area contributed by atoms with E-state index >= 15 is 0 Å². The fourth-order valence-electron chi connectivity index (χ4n) is 1.48. The summed E-state index contributed by atoms with van der Waals surface area (Å²) in [6.07, 6.45) is 0. The van der Waals surface area contributed by atoms with Gasteiger partial charge in [0.15, 0.2) is 0 Å². The van der Waals surface area contributed by atoms with Crippen LogP contribution in [0.4, 0.5) is 11.7 Å². The summed E-state index contributed by atoms with van der Waals surface area (Å²) < 4.78 is 10.8. The summed E-state index contributed by atoms with van der Waals surface area (Å²) in [5.41, 5.74) is 0.848. The number of benzene rings is 1. The lowest BCUT2D eigenvalue weighted by molar-refractivity contribution is 0.340. The highest BCUT2D eigenvalue weighted by Crippen LogP contribution is 2.20. The Morgan fingerprint density at radius 3 is 3.00 bits per heavy atom. The minimum atomic E-state index is 0.369. The van der Waals surface area contributed by atoms with Crippen LogP contribution in [0.2, 0.25) is 0 Å². The standard InChI is InChI=1S/C12H16N4O2/c1-3-17-10-6-4-5-9(7-10)14-12-16-15-11(18-12)8-13-2/h4-7,13H,3,8H2,1-2H3,(H,14,16). The van der Waals surface area contributed by atoms with E-state index < -0.39 is 0 Å². The molecule has 6 heteroatoms. The van der Waals surface area contributed by atoms with Gasteiger partial charge in [0.25, 0.3) is 0 Å². The van der Waals surface area contributed by atoms with Crippen molar-refractivity contribution in [3.05, 3.63) is 30.2 Å². The van der Waals surface area contributed by atoms with Crippen LogP contribution in [0.1, 0.15) is 12.8 Å². The van der Waals surface area contributed by atoms with Crippen molar-refractivity contribution in [3.63, 3.8) is 0 Å². The predicted octanol–water partition coefficient (Wildman–Crippen LogP) is 1.93. The third-order valence-electron chi connectivity index (χ3n) is 2.19. The Hall–Kier alpha value is -2.08. The van der Waals surface area contributed by atoms with Gasteiger partial charge < -0.3 is 19.8 Å². The second-order valence-corrected chi connectivity index (χ2v) is 3.62. The molecular weight excluding hydrogens is 232 g/mol. The average molecular weight is 248 g/mol. The van der Waals surface area contributed by atoms with E-state index in [2.05, 4.69) is 20.8 Å². The molecule has 0 radical (unpaired) electrons. The Labute approximate surface area is 105 Å². The van der Waals surface area contributed by atoms with Crippen molar-refractivity contribution in [2.75, 3.05) is 19.0 Å². The molecule has 0 fully saturated rings. The van der Waals surface area contributed by atoms with Crippen molar-refractivity contribution in [2.24, 2.45) is 0 Å². The molecule has 0 unspecified atom stereocenters. The summed E-state index contributed by atoms with van der Waals surface area (Å²) in [5, 5.41) is 13.8. The molecule has 2 rings (SSSR count). The Morgan fingerprint density at radius 2 is 2.22 bits per heavy atom. The zero-order valence-electron chi connectivity index (χ0n) is 10.4. The predicted molar refractivity (Wildman–Crippen MR) is 68.0 cm³/mol. The van der Waals surface area contributed by atoms with Crippen molar-refractivity contribution in [3.8, 4) is 5.75 Å². The fourth-order valence-corrected chi connectivity index (χ4v) is 1.48. The molecule has 0 spiro atoms. The van der Waals surface area contributed by atoms with Gasteiger partial charge in [-0.05, 0) is 26.1 Å². The van der Waals surface area contributed by atoms with E-state index in [0.29, 0.717) is 25.1 Å². The Balaban J connectivity index is 2.05. The monoisotopic (exact) mass is 248 g/mol. The van der Waals surface area contributed by atoms with E-state index in [4.69, 9.17) is 9.15 Å². The van der Waals surface area contributed by atoms with Crippen LogP contribution < -0.4 is 15.4 Å². The molecule has 0 atom stereocenters. The minimum Gasteiger partial charge on any atom is -0.494 e. The van der Waals surface area contributed by atoms with Gasteiger partial charge in [0, 0.05) is 11.8 Å². The van der Waals surface area contributed by atoms with E-state index in [9.17, 15) is 0 Å². The molecule has 0 saturated heterocycles. The molecule has 6 nitrogen and oxygen atoms in total. The molecule has 18 heavy (non-hydrogen) atoms. The summed E-state index contributed by atoms with van der Waals surface area (Å²) in [4.78, 5) is 0.